The molecule has 3 N–H and O–H groups in total. The summed E-state index contributed by atoms with van der Waals surface area (Å²) in [6.45, 7) is 0. The van der Waals surface area contributed by atoms with E-state index in [4.69, 9.17) is 0 Å². The van der Waals surface area contributed by atoms with Crippen LogP contribution in [0.3, 0.4) is 0 Å². The molecule has 0 bridgehead atoms. The van der Waals surface area contributed by atoms with Crippen LogP contribution in [0.5, 0.6) is 0 Å². The second-order valence-corrected chi connectivity index (χ2v) is 6.29. The number of carbonyl (C=O) groups excluding carboxylic acids is 2. The minimum Gasteiger partial charge on any atom is -0.350 e. The van der Waals surface area contributed by atoms with Crippen molar-refractivity contribution in [2.45, 2.75) is 50.2 Å². The molecule has 0 aromatic heterocycles. The number of non-ortho nitro benzene ring substituents is 1. The van der Waals surface area contributed by atoms with Gasteiger partial charge in [-0.2, -0.15) is 0 Å². The zero-order valence-corrected chi connectivity index (χ0v) is 13.2. The summed E-state index contributed by atoms with van der Waals surface area (Å²) in [6.07, 6.45) is 4.19. The first-order valence-electron chi connectivity index (χ1n) is 8.13. The number of nitrogens with one attached hydrogen (secondary N) is 3. The molecule has 2 aliphatic rings. The first-order chi connectivity index (χ1) is 11.5. The maximum atomic E-state index is 12.2. The number of amides is 2. The van der Waals surface area contributed by atoms with E-state index in [1.54, 1.807) is 6.07 Å². The lowest BCUT2D eigenvalue weighted by Gasteiger charge is -2.40. The van der Waals surface area contributed by atoms with Crippen molar-refractivity contribution in [3.63, 3.8) is 0 Å². The fraction of sp³-hybridized carbons (Fsp3) is 0.500. The van der Waals surface area contributed by atoms with Gasteiger partial charge in [0.05, 0.1) is 17.4 Å². The average molecular weight is 332 g/mol. The van der Waals surface area contributed by atoms with E-state index in [0.717, 1.165) is 25.7 Å². The fourth-order valence-electron chi connectivity index (χ4n) is 3.37. The van der Waals surface area contributed by atoms with E-state index in [2.05, 4.69) is 16.0 Å². The third-order valence-electron chi connectivity index (χ3n) is 4.56. The van der Waals surface area contributed by atoms with Gasteiger partial charge >= 0.3 is 0 Å². The molecule has 1 saturated carbocycles. The van der Waals surface area contributed by atoms with Gasteiger partial charge in [-0.15, -0.1) is 0 Å². The maximum Gasteiger partial charge on any atom is 0.271 e. The molecule has 1 aliphatic carbocycles. The van der Waals surface area contributed by atoms with E-state index in [1.165, 1.54) is 18.2 Å². The number of fused-ring (bicyclic) bond motifs is 1. The van der Waals surface area contributed by atoms with Crippen molar-refractivity contribution in [1.29, 1.82) is 0 Å². The van der Waals surface area contributed by atoms with Crippen LogP contribution < -0.4 is 16.0 Å². The van der Waals surface area contributed by atoms with E-state index >= 15 is 0 Å². The molecular formula is C16H20N4O4. The summed E-state index contributed by atoms with van der Waals surface area (Å²) in [4.78, 5) is 34.5. The summed E-state index contributed by atoms with van der Waals surface area (Å²) in [5, 5.41) is 19.6. The molecule has 2 fully saturated rings. The van der Waals surface area contributed by atoms with Crippen LogP contribution in [-0.4, -0.2) is 34.9 Å². The van der Waals surface area contributed by atoms with Crippen LogP contribution in [0.25, 0.3) is 0 Å². The van der Waals surface area contributed by atoms with Crippen LogP contribution in [0.15, 0.2) is 24.3 Å². The number of nitro benzene ring substituents is 1. The Morgan fingerprint density at radius 2 is 2.04 bits per heavy atom. The summed E-state index contributed by atoms with van der Waals surface area (Å²) >= 11 is 0. The number of hydrogen-bond acceptors (Lipinski definition) is 5. The Balaban J connectivity index is 1.59. The van der Waals surface area contributed by atoms with Crippen molar-refractivity contribution in [1.82, 2.24) is 10.6 Å². The first kappa shape index (κ1) is 16.4. The van der Waals surface area contributed by atoms with Gasteiger partial charge < -0.3 is 16.0 Å². The molecular weight excluding hydrogens is 312 g/mol. The monoisotopic (exact) mass is 332 g/mol. The number of benzene rings is 1. The summed E-state index contributed by atoms with van der Waals surface area (Å²) in [5.74, 6) is -0.509. The molecule has 128 valence electrons. The molecule has 1 saturated heterocycles. The topological polar surface area (TPSA) is 113 Å². The van der Waals surface area contributed by atoms with E-state index in [0.29, 0.717) is 5.69 Å². The zero-order chi connectivity index (χ0) is 17.1. The van der Waals surface area contributed by atoms with Gasteiger partial charge in [0.2, 0.25) is 11.8 Å². The Bertz CT molecular complexity index is 663. The number of anilines is 1. The smallest absolute Gasteiger partial charge is 0.271 e. The minimum atomic E-state index is -0.567. The molecule has 0 radical (unpaired) electrons. The van der Waals surface area contributed by atoms with Gasteiger partial charge in [-0.05, 0) is 18.9 Å². The molecule has 1 heterocycles. The quantitative estimate of drug-likeness (QED) is 0.568. The van der Waals surface area contributed by atoms with E-state index in [1.807, 2.05) is 0 Å². The Morgan fingerprint density at radius 3 is 2.79 bits per heavy atom. The maximum absolute atomic E-state index is 12.2. The molecule has 2 amide bonds. The van der Waals surface area contributed by atoms with Crippen molar-refractivity contribution in [3.05, 3.63) is 34.4 Å². The SMILES string of the molecule is O=C(CC1NC2CCCCC2NC1=O)Nc1cccc([N+](=O)[O-])c1. The van der Waals surface area contributed by atoms with Crippen LogP contribution >= 0.6 is 0 Å². The fourth-order valence-corrected chi connectivity index (χ4v) is 3.37. The summed E-state index contributed by atoms with van der Waals surface area (Å²) in [7, 11) is 0. The van der Waals surface area contributed by atoms with Crippen molar-refractivity contribution < 1.29 is 14.5 Å². The molecule has 1 aromatic carbocycles. The van der Waals surface area contributed by atoms with Gasteiger partial charge in [-0.1, -0.05) is 18.9 Å². The molecule has 3 atom stereocenters. The van der Waals surface area contributed by atoms with Crippen molar-refractivity contribution >= 4 is 23.2 Å². The predicted octanol–water partition coefficient (Wildman–Crippen LogP) is 1.32. The standard InChI is InChI=1S/C16H20N4O4/c21-15(17-10-4-3-5-11(8-10)20(23)24)9-14-16(22)19-13-7-2-1-6-12(13)18-14/h3-5,8,12-14,18H,1-2,6-7,9H2,(H,17,21)(H,19,22). The van der Waals surface area contributed by atoms with Crippen LogP contribution in [0, 0.1) is 10.1 Å². The van der Waals surface area contributed by atoms with Crippen LogP contribution in [0.4, 0.5) is 11.4 Å². The van der Waals surface area contributed by atoms with Crippen molar-refractivity contribution in [2.75, 3.05) is 5.32 Å². The summed E-state index contributed by atoms with van der Waals surface area (Å²) < 4.78 is 0. The number of nitrogens with zero attached hydrogens (tertiary/aromatic N) is 1. The number of carbonyl (C=O) groups is 2. The largest absolute Gasteiger partial charge is 0.350 e. The summed E-state index contributed by atoms with van der Waals surface area (Å²) in [5.41, 5.74) is 0.257. The molecule has 0 spiro atoms. The molecule has 24 heavy (non-hydrogen) atoms. The minimum absolute atomic E-state index is 0.00224. The van der Waals surface area contributed by atoms with Crippen molar-refractivity contribution in [2.24, 2.45) is 0 Å². The highest BCUT2D eigenvalue weighted by atomic mass is 16.6. The van der Waals surface area contributed by atoms with Crippen molar-refractivity contribution in [3.8, 4) is 0 Å². The Morgan fingerprint density at radius 1 is 1.29 bits per heavy atom. The first-order valence-corrected chi connectivity index (χ1v) is 8.13. The lowest BCUT2D eigenvalue weighted by atomic mass is 9.87. The molecule has 8 nitrogen and oxygen atoms in total. The lowest BCUT2D eigenvalue weighted by Crippen LogP contribution is -2.65. The third kappa shape index (κ3) is 3.70. The van der Waals surface area contributed by atoms with Crippen LogP contribution in [0.2, 0.25) is 0 Å². The van der Waals surface area contributed by atoms with Crippen LogP contribution in [0.1, 0.15) is 32.1 Å². The zero-order valence-electron chi connectivity index (χ0n) is 13.2. The van der Waals surface area contributed by atoms with Gasteiger partial charge in [-0.25, -0.2) is 0 Å². The van der Waals surface area contributed by atoms with E-state index < -0.39 is 11.0 Å². The Labute approximate surface area is 139 Å². The van der Waals surface area contributed by atoms with Gasteiger partial charge in [0.1, 0.15) is 0 Å². The number of rotatable bonds is 4. The molecule has 1 aliphatic heterocycles. The van der Waals surface area contributed by atoms with E-state index in [9.17, 15) is 19.7 Å². The highest BCUT2D eigenvalue weighted by Crippen LogP contribution is 2.23. The highest BCUT2D eigenvalue weighted by molar-refractivity contribution is 5.96. The van der Waals surface area contributed by atoms with Gasteiger partial charge in [-0.3, -0.25) is 19.7 Å². The molecule has 1 aromatic rings. The highest BCUT2D eigenvalue weighted by Gasteiger charge is 2.36. The third-order valence-corrected chi connectivity index (χ3v) is 4.56. The second kappa shape index (κ2) is 6.96. The number of hydrogen-bond donors (Lipinski definition) is 3. The molecule has 8 heteroatoms. The predicted molar refractivity (Wildman–Crippen MR) is 87.5 cm³/mol. The summed E-state index contributed by atoms with van der Waals surface area (Å²) in [6, 6.07) is 5.54. The van der Waals surface area contributed by atoms with Gasteiger partial charge in [0.15, 0.2) is 0 Å². The molecule has 3 rings (SSSR count). The van der Waals surface area contributed by atoms with E-state index in [-0.39, 0.29) is 36.0 Å². The normalized spacial score (nSPS) is 26.2. The van der Waals surface area contributed by atoms with Gasteiger partial charge in [0, 0.05) is 29.9 Å². The van der Waals surface area contributed by atoms with Crippen LogP contribution in [-0.2, 0) is 9.59 Å². The average Bonchev–Trinajstić information content (AvgIpc) is 2.55. The number of nitro groups is 1. The Hall–Kier alpha value is -2.48. The molecule has 3 unspecified atom stereocenters. The lowest BCUT2D eigenvalue weighted by molar-refractivity contribution is -0.384. The Kier molecular flexibility index (Phi) is 4.75. The second-order valence-electron chi connectivity index (χ2n) is 6.29. The number of piperazine rings is 1. The van der Waals surface area contributed by atoms with Gasteiger partial charge in [0.25, 0.3) is 5.69 Å².